The number of carbonyl (C=O) groups is 1. The number of hydrazone groups is 1. The summed E-state index contributed by atoms with van der Waals surface area (Å²) in [5, 5.41) is 4.85. The molecule has 0 unspecified atom stereocenters. The minimum absolute atomic E-state index is 0.190. The first-order valence-electron chi connectivity index (χ1n) is 10.3. The van der Waals surface area contributed by atoms with E-state index in [9.17, 15) is 4.79 Å². The summed E-state index contributed by atoms with van der Waals surface area (Å²) < 4.78 is 12.7. The van der Waals surface area contributed by atoms with Gasteiger partial charge in [-0.15, -0.1) is 0 Å². The zero-order chi connectivity index (χ0) is 23.0. The highest BCUT2D eigenvalue weighted by Crippen LogP contribution is 2.25. The van der Waals surface area contributed by atoms with E-state index in [1.807, 2.05) is 48.5 Å². The van der Waals surface area contributed by atoms with Crippen molar-refractivity contribution in [1.29, 1.82) is 0 Å². The number of methoxy groups -OCH3 is 2. The third kappa shape index (κ3) is 5.53. The van der Waals surface area contributed by atoms with Crippen molar-refractivity contribution in [3.8, 4) is 11.5 Å². The maximum Gasteiger partial charge on any atom is 0.250 e. The van der Waals surface area contributed by atoms with Crippen LogP contribution in [0.2, 0.25) is 0 Å². The molecular weight excluding hydrogens is 436 g/mol. The van der Waals surface area contributed by atoms with E-state index in [0.717, 1.165) is 21.8 Å². The van der Waals surface area contributed by atoms with Gasteiger partial charge in [0.2, 0.25) is 0 Å². The van der Waals surface area contributed by atoms with E-state index in [4.69, 9.17) is 14.5 Å². The fourth-order valence-corrected chi connectivity index (χ4v) is 4.15. The summed E-state index contributed by atoms with van der Waals surface area (Å²) in [6, 6.07) is 23.6. The molecule has 0 spiro atoms. The Morgan fingerprint density at radius 2 is 1.85 bits per heavy atom. The summed E-state index contributed by atoms with van der Waals surface area (Å²) in [5.41, 5.74) is 6.41. The number of thioether (sulfide) groups is 1. The van der Waals surface area contributed by atoms with Crippen molar-refractivity contribution >= 4 is 34.9 Å². The predicted octanol–water partition coefficient (Wildman–Crippen LogP) is 4.34. The number of nitrogens with zero attached hydrogens (tertiary/aromatic N) is 3. The standard InChI is InChI=1S/C25H24N4O3S/c1-31-20-13-12-19(23(14-20)32-2)15-26-28-24(30)17-33-25-27-21-10-6-7-11-22(21)29(25)16-18-8-4-3-5-9-18/h3-15H,16-17H2,1-2H3,(H,28,30)/b26-15+. The van der Waals surface area contributed by atoms with Crippen LogP contribution in [0.4, 0.5) is 0 Å². The van der Waals surface area contributed by atoms with Crippen molar-refractivity contribution in [3.05, 3.63) is 83.9 Å². The molecule has 1 heterocycles. The number of carbonyl (C=O) groups excluding carboxylic acids is 1. The first-order chi connectivity index (χ1) is 16.2. The van der Waals surface area contributed by atoms with Crippen LogP contribution >= 0.6 is 11.8 Å². The van der Waals surface area contributed by atoms with Crippen molar-refractivity contribution in [2.75, 3.05) is 20.0 Å². The van der Waals surface area contributed by atoms with Gasteiger partial charge in [-0.1, -0.05) is 54.2 Å². The Morgan fingerprint density at radius 3 is 2.64 bits per heavy atom. The van der Waals surface area contributed by atoms with E-state index in [0.29, 0.717) is 18.0 Å². The van der Waals surface area contributed by atoms with Gasteiger partial charge in [0.15, 0.2) is 5.16 Å². The summed E-state index contributed by atoms with van der Waals surface area (Å²) in [7, 11) is 3.16. The lowest BCUT2D eigenvalue weighted by atomic mass is 10.2. The van der Waals surface area contributed by atoms with Crippen molar-refractivity contribution in [1.82, 2.24) is 15.0 Å². The molecule has 0 bridgehead atoms. The van der Waals surface area contributed by atoms with Crippen LogP contribution in [0.3, 0.4) is 0 Å². The number of hydrogen-bond acceptors (Lipinski definition) is 6. The molecule has 0 fully saturated rings. The molecule has 7 nitrogen and oxygen atoms in total. The number of aromatic nitrogens is 2. The van der Waals surface area contributed by atoms with E-state index >= 15 is 0 Å². The topological polar surface area (TPSA) is 77.7 Å². The predicted molar refractivity (Wildman–Crippen MR) is 131 cm³/mol. The highest BCUT2D eigenvalue weighted by Gasteiger charge is 2.13. The van der Waals surface area contributed by atoms with Gasteiger partial charge in [-0.3, -0.25) is 4.79 Å². The lowest BCUT2D eigenvalue weighted by molar-refractivity contribution is -0.118. The summed E-state index contributed by atoms with van der Waals surface area (Å²) in [5.74, 6) is 1.26. The van der Waals surface area contributed by atoms with Crippen LogP contribution in [-0.4, -0.2) is 41.6 Å². The molecule has 0 saturated heterocycles. The number of amides is 1. The molecule has 0 radical (unpaired) electrons. The van der Waals surface area contributed by atoms with Gasteiger partial charge >= 0.3 is 0 Å². The van der Waals surface area contributed by atoms with Gasteiger partial charge in [0, 0.05) is 11.6 Å². The highest BCUT2D eigenvalue weighted by molar-refractivity contribution is 7.99. The van der Waals surface area contributed by atoms with Crippen LogP contribution in [0.5, 0.6) is 11.5 Å². The molecule has 4 rings (SSSR count). The molecule has 0 aliphatic carbocycles. The largest absolute Gasteiger partial charge is 0.497 e. The van der Waals surface area contributed by atoms with Crippen molar-refractivity contribution < 1.29 is 14.3 Å². The Morgan fingerprint density at radius 1 is 1.06 bits per heavy atom. The van der Waals surface area contributed by atoms with Crippen LogP contribution < -0.4 is 14.9 Å². The molecule has 0 aliphatic rings. The third-order valence-electron chi connectivity index (χ3n) is 4.97. The molecule has 3 aromatic carbocycles. The molecule has 1 N–H and O–H groups in total. The fraction of sp³-hybridized carbons (Fsp3) is 0.160. The van der Waals surface area contributed by atoms with Gasteiger partial charge in [0.1, 0.15) is 11.5 Å². The molecule has 0 atom stereocenters. The Hall–Kier alpha value is -3.78. The third-order valence-corrected chi connectivity index (χ3v) is 5.95. The number of para-hydroxylation sites is 2. The van der Waals surface area contributed by atoms with Crippen LogP contribution in [0, 0.1) is 0 Å². The normalized spacial score (nSPS) is 11.1. The average Bonchev–Trinajstić information content (AvgIpc) is 3.20. The number of rotatable bonds is 9. The lowest BCUT2D eigenvalue weighted by Crippen LogP contribution is -2.20. The SMILES string of the molecule is COc1ccc(/C=N/NC(=O)CSc2nc3ccccc3n2Cc2ccccc2)c(OC)c1. The van der Waals surface area contributed by atoms with E-state index in [2.05, 4.69) is 27.2 Å². The molecule has 1 aromatic heterocycles. The van der Waals surface area contributed by atoms with E-state index < -0.39 is 0 Å². The Labute approximate surface area is 196 Å². The Kier molecular flexibility index (Phi) is 7.26. The zero-order valence-electron chi connectivity index (χ0n) is 18.4. The van der Waals surface area contributed by atoms with Crippen LogP contribution in [0.15, 0.2) is 83.1 Å². The van der Waals surface area contributed by atoms with Gasteiger partial charge in [0.25, 0.3) is 5.91 Å². The van der Waals surface area contributed by atoms with Crippen LogP contribution in [0.1, 0.15) is 11.1 Å². The summed E-state index contributed by atoms with van der Waals surface area (Å²) in [4.78, 5) is 17.1. The second-order valence-corrected chi connectivity index (χ2v) is 8.09. The van der Waals surface area contributed by atoms with Gasteiger partial charge in [-0.2, -0.15) is 5.10 Å². The molecule has 1 amide bonds. The van der Waals surface area contributed by atoms with E-state index in [1.54, 1.807) is 32.6 Å². The number of ether oxygens (including phenoxy) is 2. The van der Waals surface area contributed by atoms with Crippen LogP contribution in [0.25, 0.3) is 11.0 Å². The molecular formula is C25H24N4O3S. The van der Waals surface area contributed by atoms with E-state index in [1.165, 1.54) is 17.3 Å². The molecule has 8 heteroatoms. The maximum atomic E-state index is 12.4. The van der Waals surface area contributed by atoms with Gasteiger partial charge in [-0.25, -0.2) is 10.4 Å². The molecule has 168 valence electrons. The summed E-state index contributed by atoms with van der Waals surface area (Å²) in [6.45, 7) is 0.681. The van der Waals surface area contributed by atoms with Gasteiger partial charge in [0.05, 0.1) is 43.8 Å². The number of imidazole rings is 1. The van der Waals surface area contributed by atoms with E-state index in [-0.39, 0.29) is 11.7 Å². The first-order valence-corrected chi connectivity index (χ1v) is 11.3. The van der Waals surface area contributed by atoms with Crippen molar-refractivity contribution in [2.45, 2.75) is 11.7 Å². The number of nitrogens with one attached hydrogen (secondary N) is 1. The first kappa shape index (κ1) is 22.4. The van der Waals surface area contributed by atoms with Gasteiger partial charge in [-0.05, 0) is 29.8 Å². The lowest BCUT2D eigenvalue weighted by Gasteiger charge is -2.09. The zero-order valence-corrected chi connectivity index (χ0v) is 19.2. The molecule has 0 saturated carbocycles. The monoisotopic (exact) mass is 460 g/mol. The second-order valence-electron chi connectivity index (χ2n) is 7.14. The van der Waals surface area contributed by atoms with Crippen LogP contribution in [-0.2, 0) is 11.3 Å². The number of fused-ring (bicyclic) bond motifs is 1. The fourth-order valence-electron chi connectivity index (χ4n) is 3.34. The minimum Gasteiger partial charge on any atom is -0.497 e. The Bertz CT molecular complexity index is 1270. The average molecular weight is 461 g/mol. The number of hydrogen-bond donors (Lipinski definition) is 1. The molecule has 0 aliphatic heterocycles. The minimum atomic E-state index is -0.220. The quantitative estimate of drug-likeness (QED) is 0.228. The Balaban J connectivity index is 1.43. The maximum absolute atomic E-state index is 12.4. The summed E-state index contributed by atoms with van der Waals surface area (Å²) in [6.07, 6.45) is 1.55. The van der Waals surface area contributed by atoms with Crippen molar-refractivity contribution in [2.24, 2.45) is 5.10 Å². The number of benzene rings is 3. The van der Waals surface area contributed by atoms with Gasteiger partial charge < -0.3 is 14.0 Å². The molecule has 33 heavy (non-hydrogen) atoms. The van der Waals surface area contributed by atoms with Crippen molar-refractivity contribution in [3.63, 3.8) is 0 Å². The second kappa shape index (κ2) is 10.7. The summed E-state index contributed by atoms with van der Waals surface area (Å²) >= 11 is 1.38. The molecule has 4 aromatic rings. The highest BCUT2D eigenvalue weighted by atomic mass is 32.2. The smallest absolute Gasteiger partial charge is 0.250 e.